The molecule has 0 spiro atoms. The number of sulfonamides is 1. The minimum absolute atomic E-state index is 0. The van der Waals surface area contributed by atoms with Crippen molar-refractivity contribution in [3.63, 3.8) is 0 Å². The van der Waals surface area contributed by atoms with Crippen molar-refractivity contribution >= 4 is 40.0 Å². The third kappa shape index (κ3) is 11.5. The van der Waals surface area contributed by atoms with Gasteiger partial charge in [-0.3, -0.25) is 4.90 Å². The zero-order chi connectivity index (χ0) is 21.8. The smallest absolute Gasteiger partial charge is 0.216 e. The highest BCUT2D eigenvalue weighted by molar-refractivity contribution is 14.0. The maximum atomic E-state index is 12.3. The second-order valence-corrected chi connectivity index (χ2v) is 9.48. The van der Waals surface area contributed by atoms with E-state index < -0.39 is 10.0 Å². The molecule has 0 atom stereocenters. The summed E-state index contributed by atoms with van der Waals surface area (Å²) in [5.41, 5.74) is 1.69. The highest BCUT2D eigenvalue weighted by Gasteiger charge is 2.15. The summed E-state index contributed by atoms with van der Waals surface area (Å²) in [5.74, 6) is 0.706. The molecule has 1 heterocycles. The first-order valence-electron chi connectivity index (χ1n) is 10.8. The van der Waals surface area contributed by atoms with Gasteiger partial charge in [-0.15, -0.1) is 24.0 Å². The fourth-order valence-corrected chi connectivity index (χ4v) is 4.79. The van der Waals surface area contributed by atoms with Crippen LogP contribution < -0.4 is 15.4 Å². The second-order valence-electron chi connectivity index (χ2n) is 7.73. The molecule has 8 nitrogen and oxygen atoms in total. The Labute approximate surface area is 204 Å². The van der Waals surface area contributed by atoms with Crippen LogP contribution in [-0.4, -0.2) is 71.3 Å². The zero-order valence-corrected chi connectivity index (χ0v) is 22.0. The predicted molar refractivity (Wildman–Crippen MR) is 137 cm³/mol. The molecule has 1 aliphatic heterocycles. The van der Waals surface area contributed by atoms with E-state index in [9.17, 15) is 8.42 Å². The molecule has 178 valence electrons. The van der Waals surface area contributed by atoms with E-state index in [4.69, 9.17) is 4.74 Å². The van der Waals surface area contributed by atoms with Gasteiger partial charge in [-0.2, -0.15) is 0 Å². The van der Waals surface area contributed by atoms with Gasteiger partial charge in [0.2, 0.25) is 10.0 Å². The third-order valence-corrected chi connectivity index (χ3v) is 6.20. The standard InChI is InChI=1S/C21H37N5O3S.HI/c1-4-22-21(23-10-7-11-26-12-14-29-15-13-26)24-16-19-8-5-6-9-20(19)17-30(27,28)25-18(2)3;/h5-6,8-9,18,25H,4,7,10-17H2,1-3H3,(H2,22,23,24);1H. The van der Waals surface area contributed by atoms with Crippen molar-refractivity contribution in [3.8, 4) is 0 Å². The van der Waals surface area contributed by atoms with Gasteiger partial charge in [0.25, 0.3) is 0 Å². The Balaban J connectivity index is 0.00000480. The van der Waals surface area contributed by atoms with Crippen molar-refractivity contribution < 1.29 is 13.2 Å². The van der Waals surface area contributed by atoms with Gasteiger partial charge in [0.1, 0.15) is 0 Å². The number of hydrogen-bond acceptors (Lipinski definition) is 5. The van der Waals surface area contributed by atoms with Crippen LogP contribution in [0.5, 0.6) is 0 Å². The number of halogens is 1. The van der Waals surface area contributed by atoms with E-state index in [0.717, 1.165) is 69.4 Å². The number of aliphatic imine (C=N–C) groups is 1. The molecule has 31 heavy (non-hydrogen) atoms. The number of guanidine groups is 1. The largest absolute Gasteiger partial charge is 0.379 e. The summed E-state index contributed by atoms with van der Waals surface area (Å²) in [6.45, 7) is 12.4. The van der Waals surface area contributed by atoms with Crippen LogP contribution in [-0.2, 0) is 27.1 Å². The van der Waals surface area contributed by atoms with Gasteiger partial charge in [0.15, 0.2) is 5.96 Å². The zero-order valence-electron chi connectivity index (χ0n) is 18.9. The van der Waals surface area contributed by atoms with Crippen LogP contribution in [0.1, 0.15) is 38.3 Å². The molecule has 0 radical (unpaired) electrons. The summed E-state index contributed by atoms with van der Waals surface area (Å²) in [6.07, 6.45) is 1.03. The van der Waals surface area contributed by atoms with Crippen LogP contribution in [0.15, 0.2) is 29.3 Å². The van der Waals surface area contributed by atoms with Crippen molar-refractivity contribution in [2.24, 2.45) is 4.99 Å². The SMILES string of the molecule is CCNC(=NCc1ccccc1CS(=O)(=O)NC(C)C)NCCCN1CCOCC1.I. The molecule has 0 unspecified atom stereocenters. The fraction of sp³-hybridized carbons (Fsp3) is 0.667. The minimum atomic E-state index is -3.38. The van der Waals surface area contributed by atoms with E-state index >= 15 is 0 Å². The molecule has 0 aromatic heterocycles. The lowest BCUT2D eigenvalue weighted by Crippen LogP contribution is -2.40. The normalized spacial score (nSPS) is 15.5. The van der Waals surface area contributed by atoms with E-state index in [1.165, 1.54) is 0 Å². The summed E-state index contributed by atoms with van der Waals surface area (Å²) in [6, 6.07) is 7.45. The molecule has 0 bridgehead atoms. The van der Waals surface area contributed by atoms with Crippen LogP contribution in [0.2, 0.25) is 0 Å². The monoisotopic (exact) mass is 567 g/mol. The van der Waals surface area contributed by atoms with E-state index in [2.05, 4.69) is 25.2 Å². The summed E-state index contributed by atoms with van der Waals surface area (Å²) in [5, 5.41) is 6.63. The Morgan fingerprint density at radius 2 is 1.84 bits per heavy atom. The summed E-state index contributed by atoms with van der Waals surface area (Å²) >= 11 is 0. The van der Waals surface area contributed by atoms with Gasteiger partial charge in [0.05, 0.1) is 25.5 Å². The highest BCUT2D eigenvalue weighted by atomic mass is 127. The molecular formula is C21H38IN5O3S. The summed E-state index contributed by atoms with van der Waals surface area (Å²) < 4.78 is 32.7. The summed E-state index contributed by atoms with van der Waals surface area (Å²) in [4.78, 5) is 7.08. The van der Waals surface area contributed by atoms with Crippen LogP contribution in [0.3, 0.4) is 0 Å². The number of nitrogens with one attached hydrogen (secondary N) is 3. The number of nitrogens with zero attached hydrogens (tertiary/aromatic N) is 2. The first-order chi connectivity index (χ1) is 14.4. The maximum Gasteiger partial charge on any atom is 0.216 e. The van der Waals surface area contributed by atoms with Gasteiger partial charge in [0, 0.05) is 32.2 Å². The van der Waals surface area contributed by atoms with Crippen LogP contribution in [0.4, 0.5) is 0 Å². The number of benzene rings is 1. The summed E-state index contributed by atoms with van der Waals surface area (Å²) in [7, 11) is -3.38. The van der Waals surface area contributed by atoms with Crippen molar-refractivity contribution in [2.75, 3.05) is 45.9 Å². The quantitative estimate of drug-likeness (QED) is 0.164. The van der Waals surface area contributed by atoms with Crippen molar-refractivity contribution in [3.05, 3.63) is 35.4 Å². The Hall–Kier alpha value is -0.950. The lowest BCUT2D eigenvalue weighted by Gasteiger charge is -2.26. The predicted octanol–water partition coefficient (Wildman–Crippen LogP) is 1.91. The van der Waals surface area contributed by atoms with Crippen molar-refractivity contribution in [1.29, 1.82) is 0 Å². The van der Waals surface area contributed by atoms with Gasteiger partial charge in [-0.1, -0.05) is 24.3 Å². The molecule has 10 heteroatoms. The lowest BCUT2D eigenvalue weighted by molar-refractivity contribution is 0.0376. The second kappa shape index (κ2) is 15.0. The lowest BCUT2D eigenvalue weighted by atomic mass is 10.1. The topological polar surface area (TPSA) is 95.1 Å². The Bertz CT molecular complexity index is 768. The van der Waals surface area contributed by atoms with Crippen LogP contribution in [0, 0.1) is 0 Å². The van der Waals surface area contributed by atoms with Crippen LogP contribution in [0.25, 0.3) is 0 Å². The molecule has 1 fully saturated rings. The van der Waals surface area contributed by atoms with E-state index in [1.54, 1.807) is 0 Å². The average Bonchev–Trinajstić information content (AvgIpc) is 2.69. The molecule has 3 N–H and O–H groups in total. The molecule has 1 aliphatic rings. The maximum absolute atomic E-state index is 12.3. The molecule has 2 rings (SSSR count). The van der Waals surface area contributed by atoms with E-state index in [0.29, 0.717) is 6.54 Å². The Morgan fingerprint density at radius 3 is 2.48 bits per heavy atom. The highest BCUT2D eigenvalue weighted by Crippen LogP contribution is 2.13. The molecule has 0 amide bonds. The molecule has 1 aromatic carbocycles. The van der Waals surface area contributed by atoms with Crippen molar-refractivity contribution in [2.45, 2.75) is 45.5 Å². The average molecular weight is 568 g/mol. The Morgan fingerprint density at radius 1 is 1.16 bits per heavy atom. The van der Waals surface area contributed by atoms with Gasteiger partial charge >= 0.3 is 0 Å². The fourth-order valence-electron chi connectivity index (χ4n) is 3.30. The molecular weight excluding hydrogens is 529 g/mol. The van der Waals surface area contributed by atoms with Crippen LogP contribution >= 0.6 is 24.0 Å². The third-order valence-electron chi connectivity index (χ3n) is 4.68. The van der Waals surface area contributed by atoms with Gasteiger partial charge < -0.3 is 15.4 Å². The van der Waals surface area contributed by atoms with Gasteiger partial charge in [-0.25, -0.2) is 18.1 Å². The molecule has 1 saturated heterocycles. The first-order valence-corrected chi connectivity index (χ1v) is 12.4. The minimum Gasteiger partial charge on any atom is -0.379 e. The molecule has 0 aliphatic carbocycles. The first kappa shape index (κ1) is 28.1. The van der Waals surface area contributed by atoms with E-state index in [1.807, 2.05) is 45.0 Å². The van der Waals surface area contributed by atoms with Crippen molar-refractivity contribution in [1.82, 2.24) is 20.3 Å². The Kier molecular flexibility index (Phi) is 13.6. The number of morpholine rings is 1. The van der Waals surface area contributed by atoms with Gasteiger partial charge in [-0.05, 0) is 44.9 Å². The molecule has 0 saturated carbocycles. The number of rotatable bonds is 11. The van der Waals surface area contributed by atoms with E-state index in [-0.39, 0.29) is 35.8 Å². The number of ether oxygens (including phenoxy) is 1. The molecule has 1 aromatic rings. The number of hydrogen-bond donors (Lipinski definition) is 3.